The van der Waals surface area contributed by atoms with Gasteiger partial charge in [0.25, 0.3) is 0 Å². The molecule has 3 rings (SSSR count). The van der Waals surface area contributed by atoms with E-state index in [0.717, 1.165) is 11.3 Å². The van der Waals surface area contributed by atoms with Gasteiger partial charge < -0.3 is 0 Å². The molecular formula is C22H21ClN2O2S. The number of hydrogen-bond donors (Lipinski definition) is 0. The molecule has 1 aromatic heterocycles. The summed E-state index contributed by atoms with van der Waals surface area (Å²) in [6.45, 7) is 0.605. The second-order valence-electron chi connectivity index (χ2n) is 6.20. The molecule has 3 aromatic rings. The Morgan fingerprint density at radius 1 is 0.929 bits per heavy atom. The van der Waals surface area contributed by atoms with Gasteiger partial charge in [-0.1, -0.05) is 60.2 Å². The van der Waals surface area contributed by atoms with Crippen molar-refractivity contribution in [2.45, 2.75) is 11.3 Å². The minimum Gasteiger partial charge on any atom is -0.261 e. The monoisotopic (exact) mass is 412 g/mol. The normalized spacial score (nSPS) is 11.9. The van der Waals surface area contributed by atoms with Crippen LogP contribution < -0.4 is 0 Å². The molecular weight excluding hydrogens is 392 g/mol. The molecule has 0 saturated heterocycles. The van der Waals surface area contributed by atoms with Crippen LogP contribution in [-0.2, 0) is 16.4 Å². The first-order valence-corrected chi connectivity index (χ1v) is 10.7. The third kappa shape index (κ3) is 5.52. The van der Waals surface area contributed by atoms with E-state index < -0.39 is 10.0 Å². The van der Waals surface area contributed by atoms with E-state index in [-0.39, 0.29) is 11.4 Å². The Bertz CT molecular complexity index is 1010. The summed E-state index contributed by atoms with van der Waals surface area (Å²) in [5.41, 5.74) is 1.88. The molecule has 2 aromatic carbocycles. The molecule has 0 spiro atoms. The van der Waals surface area contributed by atoms with Gasteiger partial charge in [-0.2, -0.15) is 4.31 Å². The van der Waals surface area contributed by atoms with E-state index >= 15 is 0 Å². The Morgan fingerprint density at radius 2 is 1.64 bits per heavy atom. The maximum atomic E-state index is 13.1. The number of hydrogen-bond acceptors (Lipinski definition) is 3. The van der Waals surface area contributed by atoms with E-state index in [9.17, 15) is 8.42 Å². The average Bonchev–Trinajstić information content (AvgIpc) is 2.72. The van der Waals surface area contributed by atoms with Gasteiger partial charge in [-0.05, 0) is 42.0 Å². The maximum absolute atomic E-state index is 13.1. The molecule has 0 radical (unpaired) electrons. The standard InChI is InChI=1S/C22H21ClN2O2S/c23-20-11-13-22(14-12-20)28(26,27)25(18-15-21-10-4-5-16-24-21)17-6-9-19-7-2-1-3-8-19/h1-14,16H,15,17-18H2/b9-6+. The van der Waals surface area contributed by atoms with Gasteiger partial charge in [-0.25, -0.2) is 8.42 Å². The zero-order chi connectivity index (χ0) is 19.8. The largest absolute Gasteiger partial charge is 0.261 e. The van der Waals surface area contributed by atoms with Gasteiger partial charge in [0.2, 0.25) is 10.0 Å². The van der Waals surface area contributed by atoms with Gasteiger partial charge in [0.05, 0.1) is 4.90 Å². The SMILES string of the molecule is O=S(=O)(c1ccc(Cl)cc1)N(C/C=C/c1ccccc1)CCc1ccccn1. The van der Waals surface area contributed by atoms with E-state index in [1.54, 1.807) is 18.3 Å². The van der Waals surface area contributed by atoms with Crippen LogP contribution >= 0.6 is 11.6 Å². The predicted octanol–water partition coefficient (Wildman–Crippen LogP) is 4.68. The fourth-order valence-corrected chi connectivity index (χ4v) is 4.24. The molecule has 4 nitrogen and oxygen atoms in total. The van der Waals surface area contributed by atoms with Crippen LogP contribution in [-0.4, -0.2) is 30.8 Å². The highest BCUT2D eigenvalue weighted by atomic mass is 35.5. The Hall–Kier alpha value is -2.47. The van der Waals surface area contributed by atoms with Crippen molar-refractivity contribution in [1.29, 1.82) is 0 Å². The molecule has 1 heterocycles. The number of pyridine rings is 1. The first-order valence-electron chi connectivity index (χ1n) is 8.93. The number of rotatable bonds is 8. The Balaban J connectivity index is 1.80. The summed E-state index contributed by atoms with van der Waals surface area (Å²) in [6, 6.07) is 21.7. The van der Waals surface area contributed by atoms with Crippen LogP contribution in [0.5, 0.6) is 0 Å². The van der Waals surface area contributed by atoms with Crippen LogP contribution in [0.4, 0.5) is 0 Å². The maximum Gasteiger partial charge on any atom is 0.243 e. The lowest BCUT2D eigenvalue weighted by atomic mass is 10.2. The van der Waals surface area contributed by atoms with Gasteiger partial charge in [-0.3, -0.25) is 4.98 Å². The van der Waals surface area contributed by atoms with E-state index in [1.807, 2.05) is 60.7 Å². The van der Waals surface area contributed by atoms with Crippen molar-refractivity contribution in [3.63, 3.8) is 0 Å². The molecule has 0 unspecified atom stereocenters. The molecule has 144 valence electrons. The minimum atomic E-state index is -3.65. The summed E-state index contributed by atoms with van der Waals surface area (Å²) in [6.07, 6.45) is 6.03. The second-order valence-corrected chi connectivity index (χ2v) is 8.58. The molecule has 0 fully saturated rings. The van der Waals surface area contributed by atoms with Crippen molar-refractivity contribution < 1.29 is 8.42 Å². The van der Waals surface area contributed by atoms with Crippen molar-refractivity contribution in [2.24, 2.45) is 0 Å². The zero-order valence-corrected chi connectivity index (χ0v) is 16.9. The highest BCUT2D eigenvalue weighted by Crippen LogP contribution is 2.19. The number of halogens is 1. The van der Waals surface area contributed by atoms with Crippen LogP contribution in [0.1, 0.15) is 11.3 Å². The summed E-state index contributed by atoms with van der Waals surface area (Å²) >= 11 is 5.91. The molecule has 0 aliphatic carbocycles. The quantitative estimate of drug-likeness (QED) is 0.539. The third-order valence-electron chi connectivity index (χ3n) is 4.21. The van der Waals surface area contributed by atoms with Crippen molar-refractivity contribution in [3.05, 3.63) is 101 Å². The molecule has 0 aliphatic heterocycles. The minimum absolute atomic E-state index is 0.228. The predicted molar refractivity (Wildman–Crippen MR) is 114 cm³/mol. The third-order valence-corrected chi connectivity index (χ3v) is 6.35. The molecule has 0 aliphatic rings. The number of benzene rings is 2. The highest BCUT2D eigenvalue weighted by molar-refractivity contribution is 7.89. The van der Waals surface area contributed by atoms with E-state index in [1.165, 1.54) is 16.4 Å². The first kappa shape index (κ1) is 20.3. The highest BCUT2D eigenvalue weighted by Gasteiger charge is 2.23. The van der Waals surface area contributed by atoms with Gasteiger partial charge >= 0.3 is 0 Å². The fourth-order valence-electron chi connectivity index (χ4n) is 2.72. The van der Waals surface area contributed by atoms with Crippen LogP contribution in [0.15, 0.2) is 90.0 Å². The lowest BCUT2D eigenvalue weighted by Gasteiger charge is -2.21. The molecule has 0 N–H and O–H groups in total. The van der Waals surface area contributed by atoms with Gasteiger partial charge in [0, 0.05) is 36.4 Å². The lowest BCUT2D eigenvalue weighted by Crippen LogP contribution is -2.33. The molecule has 0 amide bonds. The summed E-state index contributed by atoms with van der Waals surface area (Å²) in [5.74, 6) is 0. The van der Waals surface area contributed by atoms with Gasteiger partial charge in [-0.15, -0.1) is 0 Å². The average molecular weight is 413 g/mol. The van der Waals surface area contributed by atoms with Crippen LogP contribution in [0.2, 0.25) is 5.02 Å². The summed E-state index contributed by atoms with van der Waals surface area (Å²) < 4.78 is 27.7. The van der Waals surface area contributed by atoms with Gasteiger partial charge in [0.1, 0.15) is 0 Å². The summed E-state index contributed by atoms with van der Waals surface area (Å²) in [7, 11) is -3.65. The number of sulfonamides is 1. The van der Waals surface area contributed by atoms with Crippen molar-refractivity contribution in [3.8, 4) is 0 Å². The Morgan fingerprint density at radius 3 is 2.32 bits per heavy atom. The molecule has 0 saturated carbocycles. The number of nitrogens with zero attached hydrogens (tertiary/aromatic N) is 2. The zero-order valence-electron chi connectivity index (χ0n) is 15.3. The fraction of sp³-hybridized carbons (Fsp3) is 0.136. The first-order chi connectivity index (χ1) is 13.6. The van der Waals surface area contributed by atoms with Crippen LogP contribution in [0.3, 0.4) is 0 Å². The Kier molecular flexibility index (Phi) is 6.98. The molecule has 0 atom stereocenters. The Labute approximate surface area is 171 Å². The number of aromatic nitrogens is 1. The van der Waals surface area contributed by atoms with E-state index in [2.05, 4.69) is 4.98 Å². The van der Waals surface area contributed by atoms with Crippen LogP contribution in [0, 0.1) is 0 Å². The second kappa shape index (κ2) is 9.64. The topological polar surface area (TPSA) is 50.3 Å². The molecule has 28 heavy (non-hydrogen) atoms. The summed E-state index contributed by atoms with van der Waals surface area (Å²) in [5, 5.41) is 0.503. The van der Waals surface area contributed by atoms with Crippen molar-refractivity contribution in [1.82, 2.24) is 9.29 Å². The lowest BCUT2D eigenvalue weighted by molar-refractivity contribution is 0.444. The van der Waals surface area contributed by atoms with Crippen LogP contribution in [0.25, 0.3) is 6.08 Å². The molecule has 6 heteroatoms. The molecule has 0 bridgehead atoms. The van der Waals surface area contributed by atoms with E-state index in [4.69, 9.17) is 11.6 Å². The summed E-state index contributed by atoms with van der Waals surface area (Å²) in [4.78, 5) is 4.52. The smallest absolute Gasteiger partial charge is 0.243 e. The van der Waals surface area contributed by atoms with Crippen molar-refractivity contribution >= 4 is 27.7 Å². The van der Waals surface area contributed by atoms with Crippen molar-refractivity contribution in [2.75, 3.05) is 13.1 Å². The van der Waals surface area contributed by atoms with E-state index in [0.29, 0.717) is 18.0 Å². The van der Waals surface area contributed by atoms with Gasteiger partial charge in [0.15, 0.2) is 0 Å².